The second-order valence-electron chi connectivity index (χ2n) is 7.62. The van der Waals surface area contributed by atoms with E-state index in [1.54, 1.807) is 18.2 Å². The summed E-state index contributed by atoms with van der Waals surface area (Å²) >= 11 is 1.14. The molecule has 33 heavy (non-hydrogen) atoms. The Morgan fingerprint density at radius 3 is 2.73 bits per heavy atom. The maximum absolute atomic E-state index is 13.2. The molecule has 1 N–H and O–H groups in total. The molecule has 1 saturated heterocycles. The van der Waals surface area contributed by atoms with Crippen LogP contribution in [0.5, 0.6) is 11.5 Å². The fraction of sp³-hybridized carbons (Fsp3) is 0.286. The number of anilines is 1. The number of nitrogens with zero attached hydrogens (tertiary/aromatic N) is 3. The zero-order valence-corrected chi connectivity index (χ0v) is 18.9. The van der Waals surface area contributed by atoms with E-state index >= 15 is 0 Å². The molecular formula is C21H19FN4O5S2. The standard InChI is InChI=1S/C21H19FN4O5S2/c22-14-3-6-16(7-4-14)33(28,29)26-9-1-2-13(11-26)20-24-25-21(32-20)19(27)23-15-5-8-17-18(10-15)31-12-30-17/h3-8,10,13H,1-2,9,11-12H2,(H,23,27)/t13-/m0/s1. The molecule has 172 valence electrons. The largest absolute Gasteiger partial charge is 0.454 e. The first kappa shape index (κ1) is 21.7. The molecule has 9 nitrogen and oxygen atoms in total. The number of ether oxygens (including phenoxy) is 2. The van der Waals surface area contributed by atoms with Gasteiger partial charge in [0.15, 0.2) is 11.5 Å². The molecule has 0 unspecified atom stereocenters. The van der Waals surface area contributed by atoms with Gasteiger partial charge in [-0.1, -0.05) is 11.3 Å². The number of sulfonamides is 1. The molecule has 3 heterocycles. The highest BCUT2D eigenvalue weighted by Crippen LogP contribution is 2.35. The van der Waals surface area contributed by atoms with Crippen molar-refractivity contribution in [2.75, 3.05) is 25.2 Å². The third-order valence-electron chi connectivity index (χ3n) is 5.45. The van der Waals surface area contributed by atoms with E-state index in [-0.39, 0.29) is 29.2 Å². The van der Waals surface area contributed by atoms with E-state index in [1.807, 2.05) is 0 Å². The van der Waals surface area contributed by atoms with Crippen molar-refractivity contribution < 1.29 is 27.1 Å². The molecule has 1 aromatic heterocycles. The first-order chi connectivity index (χ1) is 15.9. The molecule has 0 aliphatic carbocycles. The van der Waals surface area contributed by atoms with Gasteiger partial charge in [-0.3, -0.25) is 4.79 Å². The number of benzene rings is 2. The summed E-state index contributed by atoms with van der Waals surface area (Å²) in [5.74, 6) is 0.0766. The molecule has 0 radical (unpaired) electrons. The average molecular weight is 491 g/mol. The van der Waals surface area contributed by atoms with Crippen molar-refractivity contribution in [3.8, 4) is 11.5 Å². The SMILES string of the molecule is O=C(Nc1ccc2c(c1)OCO2)c1nnc([C@H]2CCCN(S(=O)(=O)c3ccc(F)cc3)C2)s1. The lowest BCUT2D eigenvalue weighted by atomic mass is 10.0. The number of hydrogen-bond acceptors (Lipinski definition) is 8. The third-order valence-corrected chi connectivity index (χ3v) is 8.41. The Bertz CT molecular complexity index is 1300. The average Bonchev–Trinajstić information content (AvgIpc) is 3.49. The normalized spacial score (nSPS) is 18.3. The van der Waals surface area contributed by atoms with Gasteiger partial charge < -0.3 is 14.8 Å². The fourth-order valence-corrected chi connectivity index (χ4v) is 6.16. The number of fused-ring (bicyclic) bond motifs is 1. The topological polar surface area (TPSA) is 111 Å². The van der Waals surface area contributed by atoms with Crippen LogP contribution in [0.1, 0.15) is 33.6 Å². The van der Waals surface area contributed by atoms with Gasteiger partial charge in [0.05, 0.1) is 4.90 Å². The zero-order chi connectivity index (χ0) is 23.0. The second-order valence-corrected chi connectivity index (χ2v) is 10.6. The molecule has 2 aliphatic rings. The third kappa shape index (κ3) is 4.41. The smallest absolute Gasteiger partial charge is 0.286 e. The first-order valence-electron chi connectivity index (χ1n) is 10.2. The summed E-state index contributed by atoms with van der Waals surface area (Å²) in [6, 6.07) is 9.86. The molecule has 1 atom stereocenters. The highest BCUT2D eigenvalue weighted by atomic mass is 32.2. The van der Waals surface area contributed by atoms with Gasteiger partial charge in [0, 0.05) is 30.8 Å². The monoisotopic (exact) mass is 490 g/mol. The van der Waals surface area contributed by atoms with Crippen LogP contribution in [0.15, 0.2) is 47.4 Å². The van der Waals surface area contributed by atoms with Gasteiger partial charge in [-0.05, 0) is 49.2 Å². The minimum Gasteiger partial charge on any atom is -0.454 e. The number of carbonyl (C=O) groups is 1. The van der Waals surface area contributed by atoms with Crippen molar-refractivity contribution in [2.24, 2.45) is 0 Å². The van der Waals surface area contributed by atoms with E-state index in [9.17, 15) is 17.6 Å². The number of aromatic nitrogens is 2. The number of carbonyl (C=O) groups excluding carboxylic acids is 1. The maximum Gasteiger partial charge on any atom is 0.286 e. The van der Waals surface area contributed by atoms with Crippen molar-refractivity contribution >= 4 is 33.0 Å². The van der Waals surface area contributed by atoms with Crippen LogP contribution in [0.2, 0.25) is 0 Å². The quantitative estimate of drug-likeness (QED) is 0.585. The van der Waals surface area contributed by atoms with Crippen molar-refractivity contribution in [3.05, 3.63) is 58.3 Å². The van der Waals surface area contributed by atoms with Crippen molar-refractivity contribution in [3.63, 3.8) is 0 Å². The first-order valence-corrected chi connectivity index (χ1v) is 12.5. The molecule has 2 aromatic carbocycles. The molecule has 3 aromatic rings. The van der Waals surface area contributed by atoms with Crippen LogP contribution in [-0.4, -0.2) is 48.7 Å². The molecular weight excluding hydrogens is 471 g/mol. The Balaban J connectivity index is 1.28. The van der Waals surface area contributed by atoms with E-state index in [0.29, 0.717) is 35.2 Å². The summed E-state index contributed by atoms with van der Waals surface area (Å²) < 4.78 is 51.1. The lowest BCUT2D eigenvalue weighted by molar-refractivity contribution is 0.102. The van der Waals surface area contributed by atoms with Gasteiger partial charge in [0.1, 0.15) is 10.8 Å². The maximum atomic E-state index is 13.2. The minimum atomic E-state index is -3.75. The Morgan fingerprint density at radius 1 is 1.12 bits per heavy atom. The highest BCUT2D eigenvalue weighted by molar-refractivity contribution is 7.89. The second kappa shape index (κ2) is 8.69. The van der Waals surface area contributed by atoms with Crippen LogP contribution in [-0.2, 0) is 10.0 Å². The number of nitrogens with one attached hydrogen (secondary N) is 1. The summed E-state index contributed by atoms with van der Waals surface area (Å²) in [5, 5.41) is 11.7. The predicted molar refractivity (Wildman–Crippen MR) is 118 cm³/mol. The lowest BCUT2D eigenvalue weighted by Gasteiger charge is -2.30. The van der Waals surface area contributed by atoms with Gasteiger partial charge in [-0.2, -0.15) is 4.31 Å². The molecule has 0 bridgehead atoms. The van der Waals surface area contributed by atoms with Gasteiger partial charge in [0.25, 0.3) is 5.91 Å². The van der Waals surface area contributed by atoms with Crippen molar-refractivity contribution in [1.29, 1.82) is 0 Å². The van der Waals surface area contributed by atoms with Crippen LogP contribution in [0.4, 0.5) is 10.1 Å². The van der Waals surface area contributed by atoms with Gasteiger partial charge >= 0.3 is 0 Å². The zero-order valence-electron chi connectivity index (χ0n) is 17.2. The van der Waals surface area contributed by atoms with Gasteiger partial charge in [-0.25, -0.2) is 12.8 Å². The fourth-order valence-electron chi connectivity index (χ4n) is 3.77. The molecule has 1 fully saturated rings. The van der Waals surface area contributed by atoms with Crippen LogP contribution >= 0.6 is 11.3 Å². The Morgan fingerprint density at radius 2 is 1.91 bits per heavy atom. The number of amides is 1. The van der Waals surface area contributed by atoms with E-state index in [4.69, 9.17) is 9.47 Å². The summed E-state index contributed by atoms with van der Waals surface area (Å²) in [6.07, 6.45) is 1.37. The molecule has 12 heteroatoms. The molecule has 2 aliphatic heterocycles. The van der Waals surface area contributed by atoms with E-state index in [2.05, 4.69) is 15.5 Å². The number of rotatable bonds is 5. The predicted octanol–water partition coefficient (Wildman–Crippen LogP) is 3.23. The van der Waals surface area contributed by atoms with Crippen LogP contribution < -0.4 is 14.8 Å². The molecule has 5 rings (SSSR count). The number of piperidine rings is 1. The van der Waals surface area contributed by atoms with Gasteiger partial charge in [0.2, 0.25) is 21.8 Å². The Hall–Kier alpha value is -3.09. The van der Waals surface area contributed by atoms with E-state index < -0.39 is 21.7 Å². The molecule has 0 spiro atoms. The number of hydrogen-bond donors (Lipinski definition) is 1. The minimum absolute atomic E-state index is 0.0469. The summed E-state index contributed by atoms with van der Waals surface area (Å²) in [4.78, 5) is 12.7. The Kier molecular flexibility index (Phi) is 5.72. The molecule has 0 saturated carbocycles. The Labute approximate surface area is 193 Å². The molecule has 1 amide bonds. The van der Waals surface area contributed by atoms with Crippen molar-refractivity contribution in [1.82, 2.24) is 14.5 Å². The summed E-state index contributed by atoms with van der Waals surface area (Å²) in [6.45, 7) is 0.729. The highest BCUT2D eigenvalue weighted by Gasteiger charge is 2.33. The van der Waals surface area contributed by atoms with Crippen LogP contribution in [0.25, 0.3) is 0 Å². The van der Waals surface area contributed by atoms with Crippen LogP contribution in [0, 0.1) is 5.82 Å². The van der Waals surface area contributed by atoms with E-state index in [0.717, 1.165) is 29.9 Å². The van der Waals surface area contributed by atoms with E-state index in [1.165, 1.54) is 16.4 Å². The summed E-state index contributed by atoms with van der Waals surface area (Å²) in [7, 11) is -3.75. The van der Waals surface area contributed by atoms with Crippen molar-refractivity contribution in [2.45, 2.75) is 23.7 Å². The summed E-state index contributed by atoms with van der Waals surface area (Å²) in [5.41, 5.74) is 0.537. The van der Waals surface area contributed by atoms with Gasteiger partial charge in [-0.15, -0.1) is 10.2 Å². The van der Waals surface area contributed by atoms with Crippen LogP contribution in [0.3, 0.4) is 0 Å². The number of halogens is 1. The lowest BCUT2D eigenvalue weighted by Crippen LogP contribution is -2.39.